The highest BCUT2D eigenvalue weighted by Gasteiger charge is 2.44. The fraction of sp³-hybridized carbons (Fsp3) is 0.895. The van der Waals surface area contributed by atoms with E-state index in [9.17, 15) is 24.9 Å². The van der Waals surface area contributed by atoms with Crippen LogP contribution >= 0.6 is 0 Å². The van der Waals surface area contributed by atoms with Gasteiger partial charge in [0.2, 0.25) is 0 Å². The van der Waals surface area contributed by atoms with E-state index in [0.717, 1.165) is 0 Å². The van der Waals surface area contributed by atoms with Crippen LogP contribution in [0.15, 0.2) is 0 Å². The summed E-state index contributed by atoms with van der Waals surface area (Å²) in [6.45, 7) is 5.30. The number of aliphatic hydroxyl groups is 4. The summed E-state index contributed by atoms with van der Waals surface area (Å²) in [5.41, 5.74) is -0.146. The van der Waals surface area contributed by atoms with Crippen molar-refractivity contribution in [3.8, 4) is 0 Å². The monoisotopic (exact) mass is 388 g/mol. The molecule has 2 rings (SSSR count). The van der Waals surface area contributed by atoms with Gasteiger partial charge in [0.1, 0.15) is 36.8 Å². The van der Waals surface area contributed by atoms with Crippen molar-refractivity contribution >= 4 is 11.6 Å². The van der Waals surface area contributed by atoms with Crippen molar-refractivity contribution in [2.45, 2.75) is 77.2 Å². The van der Waals surface area contributed by atoms with Crippen molar-refractivity contribution in [1.82, 2.24) is 0 Å². The Morgan fingerprint density at radius 1 is 1.22 bits per heavy atom. The Hall–Kier alpha value is -0.900. The minimum absolute atomic E-state index is 0.146. The quantitative estimate of drug-likeness (QED) is 0.471. The Balaban J connectivity index is 1.83. The zero-order valence-corrected chi connectivity index (χ0v) is 16.2. The normalized spacial score (nSPS) is 39.4. The van der Waals surface area contributed by atoms with Crippen LogP contribution in [0, 0.1) is 17.3 Å². The topological polar surface area (TPSA) is 134 Å². The van der Waals surface area contributed by atoms with Gasteiger partial charge in [0.05, 0.1) is 6.61 Å². The van der Waals surface area contributed by atoms with Gasteiger partial charge in [-0.15, -0.1) is 0 Å². The second-order valence-corrected chi connectivity index (χ2v) is 8.58. The van der Waals surface area contributed by atoms with Crippen LogP contribution in [-0.2, 0) is 19.1 Å². The van der Waals surface area contributed by atoms with E-state index in [1.54, 1.807) is 0 Å². The van der Waals surface area contributed by atoms with Gasteiger partial charge in [0.15, 0.2) is 12.1 Å². The molecule has 1 aliphatic carbocycles. The lowest BCUT2D eigenvalue weighted by Gasteiger charge is -2.42. The summed E-state index contributed by atoms with van der Waals surface area (Å²) >= 11 is 0. The molecule has 0 aromatic carbocycles. The molecule has 8 heteroatoms. The maximum absolute atomic E-state index is 12.2. The first-order valence-corrected chi connectivity index (χ1v) is 9.52. The standard InChI is InChI=1S/C19H32O8/c1-10-6-12(22)7-19(2,3)13(10)5-4-11(21)9-26-18-17(25)16(24)15(23)14(8-20)27-18/h10,13-18,20,23-25H,4-9H2,1-3H3/t10-,13+,14-,15-,16+,17-,18-/m1/s1. The van der Waals surface area contributed by atoms with Crippen LogP contribution in [0.5, 0.6) is 0 Å². The van der Waals surface area contributed by atoms with Crippen LogP contribution in [0.1, 0.15) is 46.5 Å². The summed E-state index contributed by atoms with van der Waals surface area (Å²) in [5.74, 6) is 0.569. The van der Waals surface area contributed by atoms with Crippen LogP contribution in [0.4, 0.5) is 0 Å². The third kappa shape index (κ3) is 5.34. The summed E-state index contributed by atoms with van der Waals surface area (Å²) < 4.78 is 10.5. The molecule has 4 N–H and O–H groups in total. The highest BCUT2D eigenvalue weighted by Crippen LogP contribution is 2.44. The Morgan fingerprint density at radius 3 is 2.48 bits per heavy atom. The van der Waals surface area contributed by atoms with Gasteiger partial charge in [0.25, 0.3) is 0 Å². The van der Waals surface area contributed by atoms with Gasteiger partial charge in [-0.25, -0.2) is 0 Å². The summed E-state index contributed by atoms with van der Waals surface area (Å²) in [6.07, 6.45) is -4.87. The highest BCUT2D eigenvalue weighted by molar-refractivity contribution is 5.81. The number of aliphatic hydroxyl groups excluding tert-OH is 4. The Kier molecular flexibility index (Phi) is 7.52. The second-order valence-electron chi connectivity index (χ2n) is 8.58. The van der Waals surface area contributed by atoms with Crippen molar-refractivity contribution in [3.63, 3.8) is 0 Å². The second kappa shape index (κ2) is 9.07. The summed E-state index contributed by atoms with van der Waals surface area (Å²) in [6, 6.07) is 0. The van der Waals surface area contributed by atoms with Gasteiger partial charge >= 0.3 is 0 Å². The molecule has 27 heavy (non-hydrogen) atoms. The molecule has 7 atom stereocenters. The average molecular weight is 388 g/mol. The van der Waals surface area contributed by atoms with E-state index in [2.05, 4.69) is 13.8 Å². The van der Waals surface area contributed by atoms with Gasteiger partial charge in [-0.05, 0) is 23.7 Å². The third-order valence-corrected chi connectivity index (χ3v) is 5.88. The van der Waals surface area contributed by atoms with E-state index in [0.29, 0.717) is 19.3 Å². The minimum Gasteiger partial charge on any atom is -0.394 e. The van der Waals surface area contributed by atoms with Gasteiger partial charge in [-0.1, -0.05) is 20.8 Å². The molecule has 1 saturated carbocycles. The molecule has 0 bridgehead atoms. The van der Waals surface area contributed by atoms with Crippen LogP contribution < -0.4 is 0 Å². The fourth-order valence-corrected chi connectivity index (χ4v) is 4.43. The number of rotatable bonds is 7. The van der Waals surface area contributed by atoms with E-state index < -0.39 is 37.3 Å². The molecule has 8 nitrogen and oxygen atoms in total. The van der Waals surface area contributed by atoms with Gasteiger partial charge in [0, 0.05) is 19.3 Å². The molecule has 0 radical (unpaired) electrons. The highest BCUT2D eigenvalue weighted by atomic mass is 16.7. The Bertz CT molecular complexity index is 532. The fourth-order valence-electron chi connectivity index (χ4n) is 4.43. The maximum atomic E-state index is 12.2. The SMILES string of the molecule is C[C@@H]1CC(=O)CC(C)(C)[C@H]1CCC(=O)CO[C@@H]1O[C@H](CO)[C@@H](O)[C@H](O)[C@H]1O. The molecule has 0 spiro atoms. The van der Waals surface area contributed by atoms with E-state index in [4.69, 9.17) is 14.6 Å². The predicted molar refractivity (Wildman–Crippen MR) is 94.6 cm³/mol. The Morgan fingerprint density at radius 2 is 1.89 bits per heavy atom. The third-order valence-electron chi connectivity index (χ3n) is 5.88. The molecule has 156 valence electrons. The number of Topliss-reactive ketones (excluding diaryl/α,β-unsaturated/α-hetero) is 2. The van der Waals surface area contributed by atoms with Gasteiger partial charge in [-0.2, -0.15) is 0 Å². The molecule has 2 aliphatic rings. The zero-order chi connectivity index (χ0) is 20.4. The molecule has 0 amide bonds. The van der Waals surface area contributed by atoms with E-state index >= 15 is 0 Å². The van der Waals surface area contributed by atoms with Crippen molar-refractivity contribution in [3.05, 3.63) is 0 Å². The molecule has 1 aliphatic heterocycles. The number of carbonyl (C=O) groups is 2. The summed E-state index contributed by atoms with van der Waals surface area (Å²) in [7, 11) is 0. The molecule has 0 aromatic heterocycles. The van der Waals surface area contributed by atoms with Crippen LogP contribution in [0.25, 0.3) is 0 Å². The van der Waals surface area contributed by atoms with Crippen molar-refractivity contribution < 1.29 is 39.5 Å². The molecular formula is C19H32O8. The number of hydrogen-bond donors (Lipinski definition) is 4. The van der Waals surface area contributed by atoms with E-state index in [1.807, 2.05) is 6.92 Å². The lowest BCUT2D eigenvalue weighted by Crippen LogP contribution is -2.59. The molecule has 0 unspecified atom stereocenters. The molecule has 1 saturated heterocycles. The summed E-state index contributed by atoms with van der Waals surface area (Å²) in [5, 5.41) is 38.5. The lowest BCUT2D eigenvalue weighted by molar-refractivity contribution is -0.299. The average Bonchev–Trinajstić information content (AvgIpc) is 2.57. The van der Waals surface area contributed by atoms with Crippen molar-refractivity contribution in [2.24, 2.45) is 17.3 Å². The number of ether oxygens (including phenoxy) is 2. The maximum Gasteiger partial charge on any atom is 0.187 e. The number of hydrogen-bond acceptors (Lipinski definition) is 8. The van der Waals surface area contributed by atoms with Crippen LogP contribution in [-0.4, -0.2) is 75.9 Å². The molecular weight excluding hydrogens is 356 g/mol. The van der Waals surface area contributed by atoms with Crippen LogP contribution in [0.3, 0.4) is 0 Å². The van der Waals surface area contributed by atoms with Crippen molar-refractivity contribution in [2.75, 3.05) is 13.2 Å². The molecule has 2 fully saturated rings. The molecule has 0 aromatic rings. The summed E-state index contributed by atoms with van der Waals surface area (Å²) in [4.78, 5) is 24.0. The number of ketones is 2. The first-order chi connectivity index (χ1) is 12.6. The first-order valence-electron chi connectivity index (χ1n) is 9.52. The van der Waals surface area contributed by atoms with E-state index in [-0.39, 0.29) is 41.8 Å². The largest absolute Gasteiger partial charge is 0.394 e. The minimum atomic E-state index is -1.53. The molecule has 1 heterocycles. The smallest absolute Gasteiger partial charge is 0.187 e. The Labute approximate surface area is 159 Å². The van der Waals surface area contributed by atoms with Crippen LogP contribution in [0.2, 0.25) is 0 Å². The number of carbonyl (C=O) groups excluding carboxylic acids is 2. The lowest BCUT2D eigenvalue weighted by atomic mass is 9.62. The zero-order valence-electron chi connectivity index (χ0n) is 16.2. The van der Waals surface area contributed by atoms with Crippen molar-refractivity contribution in [1.29, 1.82) is 0 Å². The van der Waals surface area contributed by atoms with Gasteiger partial charge < -0.3 is 29.9 Å². The predicted octanol–water partition coefficient (Wildman–Crippen LogP) is -0.206. The first kappa shape index (κ1) is 22.4. The van der Waals surface area contributed by atoms with E-state index in [1.165, 1.54) is 0 Å². The van der Waals surface area contributed by atoms with Gasteiger partial charge in [-0.3, -0.25) is 9.59 Å².